The Labute approximate surface area is 134 Å². The van der Waals surface area contributed by atoms with Gasteiger partial charge in [-0.05, 0) is 11.6 Å². The fourth-order valence-corrected chi connectivity index (χ4v) is 1.74. The summed E-state index contributed by atoms with van der Waals surface area (Å²) in [5.41, 5.74) is 2.09. The van der Waals surface area contributed by atoms with Crippen molar-refractivity contribution in [3.63, 3.8) is 0 Å². The fourth-order valence-electron chi connectivity index (χ4n) is 1.74. The van der Waals surface area contributed by atoms with Crippen LogP contribution in [0.15, 0.2) is 48.8 Å². The van der Waals surface area contributed by atoms with Crippen LogP contribution in [0.4, 0.5) is 4.79 Å². The van der Waals surface area contributed by atoms with E-state index in [0.717, 1.165) is 5.56 Å². The Morgan fingerprint density at radius 1 is 1.22 bits per heavy atom. The van der Waals surface area contributed by atoms with Crippen LogP contribution in [-0.4, -0.2) is 17.6 Å². The molecule has 1 aromatic heterocycles. The van der Waals surface area contributed by atoms with Crippen LogP contribution >= 0.6 is 0 Å². The number of rotatable bonds is 4. The molecule has 0 fully saturated rings. The SMILES string of the molecule is N#Cc1cncc(C#CCCNC(=O)OCc2ccccc2)c1. The van der Waals surface area contributed by atoms with Crippen molar-refractivity contribution in [2.75, 3.05) is 6.54 Å². The number of amides is 1. The van der Waals surface area contributed by atoms with E-state index in [1.807, 2.05) is 36.4 Å². The van der Waals surface area contributed by atoms with Gasteiger partial charge in [0.05, 0.1) is 5.56 Å². The molecule has 1 heterocycles. The Kier molecular flexibility index (Phi) is 6.19. The molecule has 0 radical (unpaired) electrons. The Morgan fingerprint density at radius 2 is 2.00 bits per heavy atom. The zero-order valence-electron chi connectivity index (χ0n) is 12.5. The van der Waals surface area contributed by atoms with Gasteiger partial charge in [-0.1, -0.05) is 42.2 Å². The quantitative estimate of drug-likeness (QED) is 0.696. The van der Waals surface area contributed by atoms with E-state index in [4.69, 9.17) is 10.00 Å². The van der Waals surface area contributed by atoms with Crippen molar-refractivity contribution in [2.45, 2.75) is 13.0 Å². The molecule has 0 spiro atoms. The normalized spacial score (nSPS) is 9.17. The van der Waals surface area contributed by atoms with Gasteiger partial charge in [0.25, 0.3) is 0 Å². The van der Waals surface area contributed by atoms with E-state index in [-0.39, 0.29) is 6.61 Å². The Hall–Kier alpha value is -3.31. The van der Waals surface area contributed by atoms with Crippen LogP contribution in [0.25, 0.3) is 0 Å². The highest BCUT2D eigenvalue weighted by Gasteiger charge is 2.00. The monoisotopic (exact) mass is 305 g/mol. The van der Waals surface area contributed by atoms with Gasteiger partial charge in [-0.3, -0.25) is 4.98 Å². The summed E-state index contributed by atoms with van der Waals surface area (Å²) in [6, 6.07) is 13.1. The molecule has 5 nitrogen and oxygen atoms in total. The lowest BCUT2D eigenvalue weighted by Gasteiger charge is -2.05. The number of carbonyl (C=O) groups excluding carboxylic acids is 1. The maximum atomic E-state index is 11.5. The Balaban J connectivity index is 1.68. The summed E-state index contributed by atoms with van der Waals surface area (Å²) in [6.45, 7) is 0.636. The van der Waals surface area contributed by atoms with Gasteiger partial charge >= 0.3 is 6.09 Å². The molecule has 0 saturated heterocycles. The van der Waals surface area contributed by atoms with Crippen molar-refractivity contribution >= 4 is 6.09 Å². The minimum absolute atomic E-state index is 0.241. The largest absolute Gasteiger partial charge is 0.445 e. The number of nitriles is 1. The summed E-state index contributed by atoms with van der Waals surface area (Å²) in [4.78, 5) is 15.4. The van der Waals surface area contributed by atoms with Crippen LogP contribution in [-0.2, 0) is 11.3 Å². The molecule has 2 aromatic rings. The van der Waals surface area contributed by atoms with Crippen LogP contribution in [0.3, 0.4) is 0 Å². The standard InChI is InChI=1S/C18H15N3O2/c19-11-17-10-16(12-20-13-17)8-4-5-9-21-18(22)23-14-15-6-2-1-3-7-15/h1-3,6-7,10,12-13H,5,9,14H2,(H,21,22). The van der Waals surface area contributed by atoms with Crippen molar-refractivity contribution in [1.82, 2.24) is 10.3 Å². The van der Waals surface area contributed by atoms with Crippen LogP contribution in [0.5, 0.6) is 0 Å². The van der Waals surface area contributed by atoms with Gasteiger partial charge in [0.2, 0.25) is 0 Å². The number of nitrogens with one attached hydrogen (secondary N) is 1. The lowest BCUT2D eigenvalue weighted by Crippen LogP contribution is -2.24. The molecule has 1 N–H and O–H groups in total. The van der Waals surface area contributed by atoms with Crippen LogP contribution < -0.4 is 5.32 Å². The van der Waals surface area contributed by atoms with Gasteiger partial charge in [0.1, 0.15) is 12.7 Å². The lowest BCUT2D eigenvalue weighted by atomic mass is 10.2. The summed E-state index contributed by atoms with van der Waals surface area (Å²) in [7, 11) is 0. The molecule has 0 aliphatic heterocycles. The average Bonchev–Trinajstić information content (AvgIpc) is 2.61. The highest BCUT2D eigenvalue weighted by molar-refractivity contribution is 5.67. The summed E-state index contributed by atoms with van der Waals surface area (Å²) >= 11 is 0. The second-order valence-electron chi connectivity index (χ2n) is 4.61. The molecule has 0 unspecified atom stereocenters. The lowest BCUT2D eigenvalue weighted by molar-refractivity contribution is 0.140. The summed E-state index contributed by atoms with van der Waals surface area (Å²) in [5.74, 6) is 5.81. The molecule has 23 heavy (non-hydrogen) atoms. The summed E-state index contributed by atoms with van der Waals surface area (Å²) in [5, 5.41) is 11.4. The van der Waals surface area contributed by atoms with E-state index in [1.54, 1.807) is 12.3 Å². The van der Waals surface area contributed by atoms with Crippen molar-refractivity contribution in [1.29, 1.82) is 5.26 Å². The molecule has 2 rings (SSSR count). The van der Waals surface area contributed by atoms with E-state index in [2.05, 4.69) is 22.1 Å². The van der Waals surface area contributed by atoms with E-state index >= 15 is 0 Å². The third kappa shape index (κ3) is 5.91. The number of pyridine rings is 1. The highest BCUT2D eigenvalue weighted by Crippen LogP contribution is 2.01. The van der Waals surface area contributed by atoms with Gasteiger partial charge in [-0.15, -0.1) is 0 Å². The first-order valence-electron chi connectivity index (χ1n) is 7.06. The molecular formula is C18H15N3O2. The summed E-state index contributed by atoms with van der Waals surface area (Å²) in [6.07, 6.45) is 3.09. The number of ether oxygens (including phenoxy) is 1. The third-order valence-corrected chi connectivity index (χ3v) is 2.83. The van der Waals surface area contributed by atoms with E-state index in [1.165, 1.54) is 6.20 Å². The molecule has 0 aliphatic rings. The molecule has 0 aliphatic carbocycles. The first-order valence-corrected chi connectivity index (χ1v) is 7.06. The third-order valence-electron chi connectivity index (χ3n) is 2.83. The van der Waals surface area contributed by atoms with Gasteiger partial charge in [-0.2, -0.15) is 5.26 Å². The van der Waals surface area contributed by atoms with Gasteiger partial charge in [0, 0.05) is 30.9 Å². The van der Waals surface area contributed by atoms with Crippen molar-refractivity contribution < 1.29 is 9.53 Å². The molecular weight excluding hydrogens is 290 g/mol. The average molecular weight is 305 g/mol. The molecule has 0 saturated carbocycles. The Morgan fingerprint density at radius 3 is 2.78 bits per heavy atom. The number of benzene rings is 1. The summed E-state index contributed by atoms with van der Waals surface area (Å²) < 4.78 is 5.08. The zero-order valence-corrected chi connectivity index (χ0v) is 12.5. The predicted molar refractivity (Wildman–Crippen MR) is 85.1 cm³/mol. The van der Waals surface area contributed by atoms with Crippen molar-refractivity contribution in [2.24, 2.45) is 0 Å². The zero-order chi connectivity index (χ0) is 16.3. The van der Waals surface area contributed by atoms with E-state index in [9.17, 15) is 4.79 Å². The smallest absolute Gasteiger partial charge is 0.407 e. The number of nitrogens with zero attached hydrogens (tertiary/aromatic N) is 2. The molecule has 0 atom stereocenters. The fraction of sp³-hybridized carbons (Fsp3) is 0.167. The molecule has 1 amide bonds. The second-order valence-corrected chi connectivity index (χ2v) is 4.61. The minimum Gasteiger partial charge on any atom is -0.445 e. The predicted octanol–water partition coefficient (Wildman–Crippen LogP) is 2.62. The first kappa shape index (κ1) is 16.1. The molecule has 5 heteroatoms. The molecule has 1 aromatic carbocycles. The Bertz CT molecular complexity index is 755. The molecule has 114 valence electrons. The number of carbonyl (C=O) groups is 1. The molecule has 0 bridgehead atoms. The van der Waals surface area contributed by atoms with E-state index in [0.29, 0.717) is 24.1 Å². The van der Waals surface area contributed by atoms with Gasteiger partial charge < -0.3 is 10.1 Å². The van der Waals surface area contributed by atoms with Crippen LogP contribution in [0.2, 0.25) is 0 Å². The topological polar surface area (TPSA) is 75.0 Å². The van der Waals surface area contributed by atoms with Gasteiger partial charge in [0.15, 0.2) is 0 Å². The highest BCUT2D eigenvalue weighted by atomic mass is 16.5. The van der Waals surface area contributed by atoms with Crippen LogP contribution in [0.1, 0.15) is 23.1 Å². The second kappa shape index (κ2) is 8.86. The number of alkyl carbamates (subject to hydrolysis) is 1. The van der Waals surface area contributed by atoms with Crippen LogP contribution in [0, 0.1) is 23.2 Å². The number of aromatic nitrogens is 1. The van der Waals surface area contributed by atoms with Crippen molar-refractivity contribution in [3.8, 4) is 17.9 Å². The maximum Gasteiger partial charge on any atom is 0.407 e. The van der Waals surface area contributed by atoms with Gasteiger partial charge in [-0.25, -0.2) is 4.79 Å². The minimum atomic E-state index is -0.469. The maximum absolute atomic E-state index is 11.5. The first-order chi connectivity index (χ1) is 11.3. The van der Waals surface area contributed by atoms with Crippen molar-refractivity contribution in [3.05, 3.63) is 65.5 Å². The number of hydrogen-bond donors (Lipinski definition) is 1. The van der Waals surface area contributed by atoms with E-state index < -0.39 is 6.09 Å². The number of hydrogen-bond acceptors (Lipinski definition) is 4.